The number of aryl methyl sites for hydroxylation is 1. The van der Waals surface area contributed by atoms with E-state index in [1.54, 1.807) is 6.33 Å². The van der Waals surface area contributed by atoms with E-state index in [0.717, 1.165) is 67.9 Å². The first-order chi connectivity index (χ1) is 14.3. The zero-order chi connectivity index (χ0) is 19.8. The van der Waals surface area contributed by atoms with Crippen molar-refractivity contribution in [3.63, 3.8) is 0 Å². The molecule has 0 saturated carbocycles. The van der Waals surface area contributed by atoms with Gasteiger partial charge in [0.05, 0.1) is 24.6 Å². The predicted octanol–water partition coefficient (Wildman–Crippen LogP) is 2.73. The van der Waals surface area contributed by atoms with Gasteiger partial charge in [-0.05, 0) is 36.8 Å². The highest BCUT2D eigenvalue weighted by Crippen LogP contribution is 2.35. The van der Waals surface area contributed by atoms with Crippen molar-refractivity contribution in [1.82, 2.24) is 19.5 Å². The van der Waals surface area contributed by atoms with Crippen LogP contribution in [0.15, 0.2) is 36.9 Å². The number of imidazole rings is 1. The molecule has 2 aliphatic rings. The number of fused-ring (bicyclic) bond motifs is 2. The van der Waals surface area contributed by atoms with Gasteiger partial charge in [0, 0.05) is 19.7 Å². The van der Waals surface area contributed by atoms with Gasteiger partial charge in [0.1, 0.15) is 6.33 Å². The Hall–Kier alpha value is -2.51. The first-order valence-electron chi connectivity index (χ1n) is 10.6. The quantitative estimate of drug-likeness (QED) is 0.737. The Balaban J connectivity index is 1.57. The fraction of sp³-hybridized carbons (Fsp3) is 0.500. The van der Waals surface area contributed by atoms with Crippen molar-refractivity contribution in [2.24, 2.45) is 0 Å². The third-order valence-electron chi connectivity index (χ3n) is 6.19. The maximum absolute atomic E-state index is 10.8. The number of aromatic nitrogens is 4. The van der Waals surface area contributed by atoms with Crippen molar-refractivity contribution in [1.29, 1.82) is 0 Å². The summed E-state index contributed by atoms with van der Waals surface area (Å²) >= 11 is 0. The molecule has 29 heavy (non-hydrogen) atoms. The van der Waals surface area contributed by atoms with Crippen molar-refractivity contribution >= 4 is 17.0 Å². The summed E-state index contributed by atoms with van der Waals surface area (Å²) in [7, 11) is 0. The number of aliphatic hydroxyl groups excluding tert-OH is 1. The molecule has 7 heteroatoms. The Morgan fingerprint density at radius 3 is 3.00 bits per heavy atom. The van der Waals surface area contributed by atoms with E-state index in [1.165, 1.54) is 5.56 Å². The number of nitrogens with zero attached hydrogens (tertiary/aromatic N) is 5. The van der Waals surface area contributed by atoms with Gasteiger partial charge in [-0.15, -0.1) is 0 Å². The Morgan fingerprint density at radius 1 is 1.21 bits per heavy atom. The van der Waals surface area contributed by atoms with E-state index in [9.17, 15) is 5.11 Å². The van der Waals surface area contributed by atoms with Gasteiger partial charge in [0.2, 0.25) is 0 Å². The average molecular weight is 393 g/mol. The molecule has 1 aromatic carbocycles. The molecular formula is C22H27N5O2. The van der Waals surface area contributed by atoms with Gasteiger partial charge in [0.15, 0.2) is 17.0 Å². The van der Waals surface area contributed by atoms with E-state index >= 15 is 0 Å². The molecule has 7 nitrogen and oxygen atoms in total. The monoisotopic (exact) mass is 393 g/mol. The molecule has 0 radical (unpaired) electrons. The predicted molar refractivity (Wildman–Crippen MR) is 111 cm³/mol. The minimum Gasteiger partial charge on any atom is -0.391 e. The largest absolute Gasteiger partial charge is 0.391 e. The summed E-state index contributed by atoms with van der Waals surface area (Å²) in [5, 5.41) is 10.8. The minimum absolute atomic E-state index is 0.177. The number of hydrogen-bond acceptors (Lipinski definition) is 6. The first-order valence-corrected chi connectivity index (χ1v) is 10.6. The Labute approximate surface area is 170 Å². The Morgan fingerprint density at radius 2 is 2.10 bits per heavy atom. The molecule has 0 spiro atoms. The van der Waals surface area contributed by atoms with E-state index in [1.807, 2.05) is 17.0 Å². The van der Waals surface area contributed by atoms with Crippen LogP contribution in [0.3, 0.4) is 0 Å². The molecule has 2 aromatic heterocycles. The zero-order valence-electron chi connectivity index (χ0n) is 16.7. The second-order valence-corrected chi connectivity index (χ2v) is 7.97. The standard InChI is InChI=1S/C22H27N5O2/c1-2-16-12-26(10-5-11-29-16)21-19-22(24-13-23-21)27(14-25-19)20-17-7-4-3-6-15(17)8-9-18(20)28/h3-4,6-7,13-14,16,18,20,28H,2,5,8-12H2,1H3/t16?,18-,20+/m1/s1. The van der Waals surface area contributed by atoms with Crippen LogP contribution in [0.5, 0.6) is 0 Å². The Bertz CT molecular complexity index is 1000. The van der Waals surface area contributed by atoms with E-state index < -0.39 is 6.10 Å². The number of rotatable bonds is 3. The van der Waals surface area contributed by atoms with Crippen molar-refractivity contribution in [2.75, 3.05) is 24.6 Å². The van der Waals surface area contributed by atoms with Gasteiger partial charge < -0.3 is 19.3 Å². The van der Waals surface area contributed by atoms with Crippen molar-refractivity contribution in [3.05, 3.63) is 48.0 Å². The van der Waals surface area contributed by atoms with Crippen LogP contribution in [0.1, 0.15) is 43.4 Å². The van der Waals surface area contributed by atoms with Gasteiger partial charge in [-0.3, -0.25) is 0 Å². The lowest BCUT2D eigenvalue weighted by molar-refractivity contribution is 0.0664. The van der Waals surface area contributed by atoms with Gasteiger partial charge in [-0.1, -0.05) is 31.2 Å². The van der Waals surface area contributed by atoms with E-state index in [2.05, 4.69) is 40.0 Å². The van der Waals surface area contributed by atoms with Crippen LogP contribution in [0.2, 0.25) is 0 Å². The van der Waals surface area contributed by atoms with Gasteiger partial charge >= 0.3 is 0 Å². The lowest BCUT2D eigenvalue weighted by Gasteiger charge is -2.31. The smallest absolute Gasteiger partial charge is 0.166 e. The van der Waals surface area contributed by atoms with Crippen molar-refractivity contribution in [3.8, 4) is 0 Å². The fourth-order valence-electron chi connectivity index (χ4n) is 4.66. The highest BCUT2D eigenvalue weighted by molar-refractivity contribution is 5.83. The minimum atomic E-state index is -0.461. The number of ether oxygens (including phenoxy) is 1. The lowest BCUT2D eigenvalue weighted by atomic mass is 9.85. The van der Waals surface area contributed by atoms with Gasteiger partial charge in [0.25, 0.3) is 0 Å². The third kappa shape index (κ3) is 3.28. The SMILES string of the molecule is CCC1CN(c2ncnc3c2ncn3[C@H]2c3ccccc3CC[C@H]2O)CCCO1. The Kier molecular flexibility index (Phi) is 4.93. The maximum atomic E-state index is 10.8. The molecule has 0 amide bonds. The summed E-state index contributed by atoms with van der Waals surface area (Å²) in [6.45, 7) is 4.64. The molecule has 5 rings (SSSR count). The van der Waals surface area contributed by atoms with Crippen molar-refractivity contribution in [2.45, 2.75) is 50.9 Å². The lowest BCUT2D eigenvalue weighted by Crippen LogP contribution is -2.32. The summed E-state index contributed by atoms with van der Waals surface area (Å²) in [5.74, 6) is 0.858. The number of hydrogen-bond donors (Lipinski definition) is 1. The molecule has 1 aliphatic carbocycles. The van der Waals surface area contributed by atoms with Crippen LogP contribution in [0, 0.1) is 0 Å². The molecule has 3 heterocycles. The molecule has 1 N–H and O–H groups in total. The number of aliphatic hydroxyl groups is 1. The van der Waals surface area contributed by atoms with E-state index in [0.29, 0.717) is 0 Å². The second-order valence-electron chi connectivity index (χ2n) is 7.97. The second kappa shape index (κ2) is 7.72. The van der Waals surface area contributed by atoms with E-state index in [4.69, 9.17) is 9.72 Å². The van der Waals surface area contributed by atoms with E-state index in [-0.39, 0.29) is 12.1 Å². The highest BCUT2D eigenvalue weighted by Gasteiger charge is 2.31. The maximum Gasteiger partial charge on any atom is 0.166 e. The summed E-state index contributed by atoms with van der Waals surface area (Å²) in [5.41, 5.74) is 4.00. The van der Waals surface area contributed by atoms with Crippen LogP contribution in [-0.4, -0.2) is 56.5 Å². The molecular weight excluding hydrogens is 366 g/mol. The molecule has 1 unspecified atom stereocenters. The summed E-state index contributed by atoms with van der Waals surface area (Å²) < 4.78 is 7.95. The number of anilines is 1. The molecule has 3 atom stereocenters. The van der Waals surface area contributed by atoms with Crippen LogP contribution >= 0.6 is 0 Å². The highest BCUT2D eigenvalue weighted by atomic mass is 16.5. The molecule has 3 aromatic rings. The van der Waals surface area contributed by atoms with Crippen LogP contribution in [-0.2, 0) is 11.2 Å². The third-order valence-corrected chi connectivity index (χ3v) is 6.19. The summed E-state index contributed by atoms with van der Waals surface area (Å²) in [4.78, 5) is 16.1. The zero-order valence-corrected chi connectivity index (χ0v) is 16.7. The topological polar surface area (TPSA) is 76.3 Å². The average Bonchev–Trinajstić information content (AvgIpc) is 3.03. The normalized spacial score (nSPS) is 25.0. The number of benzene rings is 1. The molecule has 152 valence electrons. The van der Waals surface area contributed by atoms with Gasteiger partial charge in [-0.25, -0.2) is 15.0 Å². The van der Waals surface area contributed by atoms with Crippen LogP contribution < -0.4 is 4.90 Å². The fourth-order valence-corrected chi connectivity index (χ4v) is 4.66. The van der Waals surface area contributed by atoms with Gasteiger partial charge in [-0.2, -0.15) is 0 Å². The molecule has 1 fully saturated rings. The first kappa shape index (κ1) is 18.5. The summed E-state index contributed by atoms with van der Waals surface area (Å²) in [6, 6.07) is 8.17. The van der Waals surface area contributed by atoms with Crippen LogP contribution in [0.25, 0.3) is 11.2 Å². The summed E-state index contributed by atoms with van der Waals surface area (Å²) in [6.07, 6.45) is 6.75. The van der Waals surface area contributed by atoms with Crippen molar-refractivity contribution < 1.29 is 9.84 Å². The molecule has 1 aliphatic heterocycles. The molecule has 1 saturated heterocycles. The van der Waals surface area contributed by atoms with Crippen LogP contribution in [0.4, 0.5) is 5.82 Å². The molecule has 0 bridgehead atoms.